The van der Waals surface area contributed by atoms with Gasteiger partial charge in [0.2, 0.25) is 5.91 Å². The second-order valence-corrected chi connectivity index (χ2v) is 5.59. The molecule has 0 aliphatic carbocycles. The molecule has 2 atom stereocenters. The molecule has 1 aliphatic heterocycles. The first-order valence-corrected chi connectivity index (χ1v) is 7.71. The molecule has 1 amide bonds. The van der Waals surface area contributed by atoms with E-state index in [0.29, 0.717) is 19.7 Å². The molecule has 4 nitrogen and oxygen atoms in total. The van der Waals surface area contributed by atoms with Crippen molar-refractivity contribution in [3.05, 3.63) is 35.9 Å². The molecular weight excluding hydrogens is 290 g/mol. The maximum atomic E-state index is 12.5. The van der Waals surface area contributed by atoms with E-state index in [1.807, 2.05) is 30.3 Å². The van der Waals surface area contributed by atoms with Crippen LogP contribution in [0.5, 0.6) is 0 Å². The van der Waals surface area contributed by atoms with Crippen LogP contribution in [0.25, 0.3) is 0 Å². The number of likely N-dealkylation sites (tertiary alicyclic amines) is 1. The molecule has 1 saturated heterocycles. The van der Waals surface area contributed by atoms with Crippen LogP contribution in [0.3, 0.4) is 0 Å². The molecule has 0 spiro atoms. The van der Waals surface area contributed by atoms with Crippen LogP contribution in [0.15, 0.2) is 30.3 Å². The number of rotatable bonds is 4. The summed E-state index contributed by atoms with van der Waals surface area (Å²) in [5, 5.41) is -0.702. The molecule has 114 valence electrons. The summed E-state index contributed by atoms with van der Waals surface area (Å²) in [4.78, 5) is 26.0. The van der Waals surface area contributed by atoms with Crippen molar-refractivity contribution < 1.29 is 14.3 Å². The van der Waals surface area contributed by atoms with Gasteiger partial charge in [-0.2, -0.15) is 0 Å². The van der Waals surface area contributed by atoms with Crippen molar-refractivity contribution in [2.24, 2.45) is 5.92 Å². The standard InChI is InChI=1S/C16H20ClNO3/c1-2-21-16(20)13-9-6-10-18(11-13)15(19)14(17)12-7-4-3-5-8-12/h3-5,7-8,13-14H,2,6,9-11H2,1H3. The summed E-state index contributed by atoms with van der Waals surface area (Å²) in [6.45, 7) is 3.19. The molecule has 1 aromatic carbocycles. The number of ether oxygens (including phenoxy) is 1. The summed E-state index contributed by atoms with van der Waals surface area (Å²) in [5.41, 5.74) is 0.780. The van der Waals surface area contributed by atoms with Crippen LogP contribution < -0.4 is 0 Å². The third-order valence-corrected chi connectivity index (χ3v) is 4.10. The molecule has 0 N–H and O–H groups in total. The zero-order chi connectivity index (χ0) is 15.2. The highest BCUT2D eigenvalue weighted by molar-refractivity contribution is 6.30. The quantitative estimate of drug-likeness (QED) is 0.634. The summed E-state index contributed by atoms with van der Waals surface area (Å²) in [7, 11) is 0. The van der Waals surface area contributed by atoms with Crippen LogP contribution in [-0.4, -0.2) is 36.5 Å². The number of esters is 1. The predicted octanol–water partition coefficient (Wildman–Crippen LogP) is 2.77. The summed E-state index contributed by atoms with van der Waals surface area (Å²) >= 11 is 6.27. The number of benzene rings is 1. The minimum Gasteiger partial charge on any atom is -0.466 e. The number of carbonyl (C=O) groups is 2. The van der Waals surface area contributed by atoms with Gasteiger partial charge in [-0.15, -0.1) is 11.6 Å². The summed E-state index contributed by atoms with van der Waals surface area (Å²) in [6, 6.07) is 9.27. The van der Waals surface area contributed by atoms with Crippen molar-refractivity contribution in [3.8, 4) is 0 Å². The minimum atomic E-state index is -0.702. The minimum absolute atomic E-state index is 0.142. The maximum absolute atomic E-state index is 12.5. The van der Waals surface area contributed by atoms with Crippen LogP contribution in [0.1, 0.15) is 30.7 Å². The second-order valence-electron chi connectivity index (χ2n) is 5.15. The predicted molar refractivity (Wildman–Crippen MR) is 81.0 cm³/mol. The van der Waals surface area contributed by atoms with Gasteiger partial charge in [0.15, 0.2) is 0 Å². The summed E-state index contributed by atoms with van der Waals surface area (Å²) < 4.78 is 5.04. The fourth-order valence-corrected chi connectivity index (χ4v) is 2.84. The van der Waals surface area contributed by atoms with E-state index in [1.165, 1.54) is 0 Å². The van der Waals surface area contributed by atoms with Gasteiger partial charge in [-0.25, -0.2) is 0 Å². The molecule has 1 aliphatic rings. The number of carbonyl (C=O) groups excluding carboxylic acids is 2. The molecule has 21 heavy (non-hydrogen) atoms. The van der Waals surface area contributed by atoms with Crippen LogP contribution in [0.4, 0.5) is 0 Å². The van der Waals surface area contributed by atoms with Gasteiger partial charge < -0.3 is 9.64 Å². The Morgan fingerprint density at radius 2 is 2.10 bits per heavy atom. The monoisotopic (exact) mass is 309 g/mol. The van der Waals surface area contributed by atoms with Crippen LogP contribution in [0.2, 0.25) is 0 Å². The normalized spacial score (nSPS) is 19.9. The molecule has 2 unspecified atom stereocenters. The Bertz CT molecular complexity index is 492. The Morgan fingerprint density at radius 3 is 2.76 bits per heavy atom. The van der Waals surface area contributed by atoms with Crippen LogP contribution >= 0.6 is 11.6 Å². The largest absolute Gasteiger partial charge is 0.466 e. The molecule has 1 fully saturated rings. The van der Waals surface area contributed by atoms with Crippen LogP contribution in [0, 0.1) is 5.92 Å². The number of halogens is 1. The van der Waals surface area contributed by atoms with Crippen molar-refractivity contribution >= 4 is 23.5 Å². The molecular formula is C16H20ClNO3. The zero-order valence-electron chi connectivity index (χ0n) is 12.1. The number of amides is 1. The average molecular weight is 310 g/mol. The van der Waals surface area contributed by atoms with Crippen LogP contribution in [-0.2, 0) is 14.3 Å². The van der Waals surface area contributed by atoms with E-state index in [9.17, 15) is 9.59 Å². The zero-order valence-corrected chi connectivity index (χ0v) is 12.9. The van der Waals surface area contributed by atoms with Gasteiger partial charge in [-0.3, -0.25) is 9.59 Å². The lowest BCUT2D eigenvalue weighted by Gasteiger charge is -2.32. The van der Waals surface area contributed by atoms with E-state index in [2.05, 4.69) is 0 Å². The molecule has 5 heteroatoms. The van der Waals surface area contributed by atoms with Crippen molar-refractivity contribution in [1.82, 2.24) is 4.90 Å². The van der Waals surface area contributed by atoms with Crippen molar-refractivity contribution in [1.29, 1.82) is 0 Å². The van der Waals surface area contributed by atoms with Crippen molar-refractivity contribution in [3.63, 3.8) is 0 Å². The third kappa shape index (κ3) is 3.97. The first-order chi connectivity index (χ1) is 10.1. The van der Waals surface area contributed by atoms with Gasteiger partial charge in [0.25, 0.3) is 0 Å². The number of alkyl halides is 1. The molecule has 0 saturated carbocycles. The Hall–Kier alpha value is -1.55. The summed E-state index contributed by atoms with van der Waals surface area (Å²) in [6.07, 6.45) is 1.56. The molecule has 0 bridgehead atoms. The van der Waals surface area contributed by atoms with Crippen molar-refractivity contribution in [2.75, 3.05) is 19.7 Å². The molecule has 2 rings (SSSR count). The van der Waals surface area contributed by atoms with Gasteiger partial charge in [-0.1, -0.05) is 30.3 Å². The molecule has 1 aromatic rings. The van der Waals surface area contributed by atoms with E-state index in [-0.39, 0.29) is 17.8 Å². The number of hydrogen-bond donors (Lipinski definition) is 0. The average Bonchev–Trinajstić information content (AvgIpc) is 2.54. The topological polar surface area (TPSA) is 46.6 Å². The maximum Gasteiger partial charge on any atom is 0.310 e. The van der Waals surface area contributed by atoms with E-state index < -0.39 is 5.38 Å². The van der Waals surface area contributed by atoms with Gasteiger partial charge in [0, 0.05) is 13.1 Å². The highest BCUT2D eigenvalue weighted by atomic mass is 35.5. The highest BCUT2D eigenvalue weighted by Crippen LogP contribution is 2.26. The Labute approximate surface area is 130 Å². The summed E-state index contributed by atoms with van der Waals surface area (Å²) in [5.74, 6) is -0.597. The van der Waals surface area contributed by atoms with Gasteiger partial charge in [0.1, 0.15) is 5.38 Å². The SMILES string of the molecule is CCOC(=O)C1CCCN(C(=O)C(Cl)c2ccccc2)C1. The molecule has 1 heterocycles. The van der Waals surface area contributed by atoms with E-state index in [0.717, 1.165) is 18.4 Å². The lowest BCUT2D eigenvalue weighted by molar-refractivity contribution is -0.151. The first kappa shape index (κ1) is 15.8. The first-order valence-electron chi connectivity index (χ1n) is 7.28. The Balaban J connectivity index is 2.00. The van der Waals surface area contributed by atoms with Gasteiger partial charge in [0.05, 0.1) is 12.5 Å². The van der Waals surface area contributed by atoms with E-state index in [4.69, 9.17) is 16.3 Å². The fourth-order valence-electron chi connectivity index (χ4n) is 2.55. The third-order valence-electron chi connectivity index (χ3n) is 3.66. The molecule has 0 aromatic heterocycles. The number of hydrogen-bond acceptors (Lipinski definition) is 3. The second kappa shape index (κ2) is 7.46. The smallest absolute Gasteiger partial charge is 0.310 e. The van der Waals surface area contributed by atoms with Gasteiger partial charge >= 0.3 is 5.97 Å². The lowest BCUT2D eigenvalue weighted by atomic mass is 9.97. The Morgan fingerprint density at radius 1 is 1.38 bits per heavy atom. The van der Waals surface area contributed by atoms with Crippen molar-refractivity contribution in [2.45, 2.75) is 25.1 Å². The molecule has 0 radical (unpaired) electrons. The highest BCUT2D eigenvalue weighted by Gasteiger charge is 2.32. The lowest BCUT2D eigenvalue weighted by Crippen LogP contribution is -2.44. The fraction of sp³-hybridized carbons (Fsp3) is 0.500. The van der Waals surface area contributed by atoms with E-state index >= 15 is 0 Å². The van der Waals surface area contributed by atoms with E-state index in [1.54, 1.807) is 11.8 Å². The number of nitrogens with zero attached hydrogens (tertiary/aromatic N) is 1. The Kier molecular flexibility index (Phi) is 5.62. The number of piperidine rings is 1. The van der Waals surface area contributed by atoms with Gasteiger partial charge in [-0.05, 0) is 25.3 Å².